The van der Waals surface area contributed by atoms with Gasteiger partial charge in [-0.1, -0.05) is 45.0 Å². The van der Waals surface area contributed by atoms with E-state index in [2.05, 4.69) is 4.74 Å². The van der Waals surface area contributed by atoms with Gasteiger partial charge in [-0.05, 0) is 18.9 Å². The van der Waals surface area contributed by atoms with Crippen LogP contribution in [0.3, 0.4) is 0 Å². The van der Waals surface area contributed by atoms with Crippen molar-refractivity contribution >= 4 is 6.29 Å². The summed E-state index contributed by atoms with van der Waals surface area (Å²) < 4.78 is 4.54. The Morgan fingerprint density at radius 1 is 1.19 bits per heavy atom. The molecular weight excluding hydrogens is 200 g/mol. The second-order valence-electron chi connectivity index (χ2n) is 2.75. The molecule has 0 unspecified atom stereocenters. The average Bonchev–Trinajstić information content (AvgIpc) is 2.41. The fourth-order valence-electron chi connectivity index (χ4n) is 0.971. The number of carbonyl (C=O) groups is 1. The van der Waals surface area contributed by atoms with Crippen molar-refractivity contribution in [3.05, 3.63) is 35.4 Å². The number of aldehydes is 1. The minimum atomic E-state index is 0.810. The Morgan fingerprint density at radius 3 is 2.00 bits per heavy atom. The standard InChI is InChI=1S/C9H10O.C3H8O.C2H6/c1-2-8-5-3-4-6-9(8)7-10;1-3-4-2;1-2/h3-7H,2H2,1H3;3H2,1-2H3;1-2H3. The first-order valence-corrected chi connectivity index (χ1v) is 5.82. The molecular formula is C14H24O2. The zero-order valence-electron chi connectivity index (χ0n) is 11.1. The lowest BCUT2D eigenvalue weighted by Crippen LogP contribution is -1.88. The fraction of sp³-hybridized carbons (Fsp3) is 0.500. The number of hydrogen-bond donors (Lipinski definition) is 0. The largest absolute Gasteiger partial charge is 0.385 e. The van der Waals surface area contributed by atoms with Gasteiger partial charge >= 0.3 is 0 Å². The second-order valence-corrected chi connectivity index (χ2v) is 2.75. The molecule has 0 saturated carbocycles. The van der Waals surface area contributed by atoms with Crippen LogP contribution < -0.4 is 0 Å². The van der Waals surface area contributed by atoms with Crippen LogP contribution in [-0.2, 0) is 11.2 Å². The molecule has 2 nitrogen and oxygen atoms in total. The van der Waals surface area contributed by atoms with Gasteiger partial charge in [0, 0.05) is 19.3 Å². The summed E-state index contributed by atoms with van der Waals surface area (Å²) in [5.41, 5.74) is 1.93. The van der Waals surface area contributed by atoms with Gasteiger partial charge in [0.25, 0.3) is 0 Å². The van der Waals surface area contributed by atoms with E-state index in [4.69, 9.17) is 0 Å². The van der Waals surface area contributed by atoms with Crippen molar-refractivity contribution in [1.29, 1.82) is 0 Å². The van der Waals surface area contributed by atoms with Crippen LogP contribution in [0.5, 0.6) is 0 Å². The topological polar surface area (TPSA) is 26.3 Å². The number of rotatable bonds is 3. The number of aryl methyl sites for hydroxylation is 1. The summed E-state index contributed by atoms with van der Waals surface area (Å²) in [4.78, 5) is 10.4. The number of benzene rings is 1. The maximum atomic E-state index is 10.4. The molecule has 0 atom stereocenters. The van der Waals surface area contributed by atoms with Gasteiger partial charge in [0.1, 0.15) is 6.29 Å². The lowest BCUT2D eigenvalue weighted by atomic mass is 10.1. The first-order chi connectivity index (χ1) is 7.79. The fourth-order valence-corrected chi connectivity index (χ4v) is 0.971. The van der Waals surface area contributed by atoms with Crippen LogP contribution in [0.1, 0.15) is 43.6 Å². The first kappa shape index (κ1) is 17.3. The van der Waals surface area contributed by atoms with Gasteiger partial charge in [-0.15, -0.1) is 0 Å². The highest BCUT2D eigenvalue weighted by Gasteiger charge is 1.94. The van der Waals surface area contributed by atoms with Gasteiger partial charge in [-0.2, -0.15) is 0 Å². The zero-order chi connectivity index (χ0) is 12.8. The normalized spacial score (nSPS) is 8.06. The molecule has 0 aliphatic carbocycles. The molecule has 0 heterocycles. The molecule has 0 aromatic heterocycles. The van der Waals surface area contributed by atoms with Gasteiger partial charge in [0.15, 0.2) is 0 Å². The van der Waals surface area contributed by atoms with Crippen LogP contribution in [-0.4, -0.2) is 20.0 Å². The number of methoxy groups -OCH3 is 1. The molecule has 0 amide bonds. The highest BCUT2D eigenvalue weighted by atomic mass is 16.5. The van der Waals surface area contributed by atoms with Crippen molar-refractivity contribution in [3.8, 4) is 0 Å². The Balaban J connectivity index is 0. The Kier molecular flexibility index (Phi) is 14.9. The summed E-state index contributed by atoms with van der Waals surface area (Å²) >= 11 is 0. The van der Waals surface area contributed by atoms with Crippen molar-refractivity contribution in [2.75, 3.05) is 13.7 Å². The van der Waals surface area contributed by atoms with E-state index < -0.39 is 0 Å². The quantitative estimate of drug-likeness (QED) is 0.731. The lowest BCUT2D eigenvalue weighted by molar-refractivity contribution is 0.112. The molecule has 0 aliphatic rings. The molecule has 0 N–H and O–H groups in total. The van der Waals surface area contributed by atoms with Crippen LogP contribution in [0.4, 0.5) is 0 Å². The summed E-state index contributed by atoms with van der Waals surface area (Å²) in [6.45, 7) is 8.82. The van der Waals surface area contributed by atoms with E-state index in [0.29, 0.717) is 0 Å². The smallest absolute Gasteiger partial charge is 0.150 e. The maximum absolute atomic E-state index is 10.4. The summed E-state index contributed by atoms with van der Waals surface area (Å²) in [7, 11) is 1.68. The van der Waals surface area contributed by atoms with Crippen LogP contribution in [0.15, 0.2) is 24.3 Å². The molecule has 1 rings (SSSR count). The Hall–Kier alpha value is -1.15. The molecule has 16 heavy (non-hydrogen) atoms. The molecule has 0 saturated heterocycles. The number of carbonyl (C=O) groups excluding carboxylic acids is 1. The molecule has 0 radical (unpaired) electrons. The van der Waals surface area contributed by atoms with Crippen LogP contribution in [0, 0.1) is 0 Å². The maximum Gasteiger partial charge on any atom is 0.150 e. The highest BCUT2D eigenvalue weighted by Crippen LogP contribution is 2.05. The minimum Gasteiger partial charge on any atom is -0.385 e. The van der Waals surface area contributed by atoms with Gasteiger partial charge < -0.3 is 4.74 Å². The third-order valence-corrected chi connectivity index (χ3v) is 1.85. The molecule has 0 fully saturated rings. The predicted octanol–water partition coefficient (Wildman–Crippen LogP) is 3.74. The molecule has 0 bridgehead atoms. The van der Waals surface area contributed by atoms with Crippen molar-refractivity contribution in [3.63, 3.8) is 0 Å². The van der Waals surface area contributed by atoms with Gasteiger partial charge in [0.2, 0.25) is 0 Å². The average molecular weight is 224 g/mol. The van der Waals surface area contributed by atoms with Gasteiger partial charge in [-0.25, -0.2) is 0 Å². The van der Waals surface area contributed by atoms with Crippen molar-refractivity contribution in [1.82, 2.24) is 0 Å². The monoisotopic (exact) mass is 224 g/mol. The molecule has 2 heteroatoms. The summed E-state index contributed by atoms with van der Waals surface area (Å²) in [6.07, 6.45) is 1.83. The summed E-state index contributed by atoms with van der Waals surface area (Å²) in [5.74, 6) is 0. The van der Waals surface area contributed by atoms with E-state index in [1.165, 1.54) is 0 Å². The summed E-state index contributed by atoms with van der Waals surface area (Å²) in [5, 5.41) is 0. The van der Waals surface area contributed by atoms with E-state index in [9.17, 15) is 4.79 Å². The van der Waals surface area contributed by atoms with Crippen LogP contribution in [0.25, 0.3) is 0 Å². The molecule has 92 valence electrons. The molecule has 0 spiro atoms. The van der Waals surface area contributed by atoms with E-state index in [-0.39, 0.29) is 0 Å². The van der Waals surface area contributed by atoms with Crippen molar-refractivity contribution < 1.29 is 9.53 Å². The third kappa shape index (κ3) is 8.18. The van der Waals surface area contributed by atoms with E-state index in [1.807, 2.05) is 52.0 Å². The number of hydrogen-bond acceptors (Lipinski definition) is 2. The zero-order valence-corrected chi connectivity index (χ0v) is 11.1. The van der Waals surface area contributed by atoms with Gasteiger partial charge in [0.05, 0.1) is 0 Å². The van der Waals surface area contributed by atoms with Crippen LogP contribution >= 0.6 is 0 Å². The Morgan fingerprint density at radius 2 is 1.69 bits per heavy atom. The molecule has 1 aromatic rings. The first-order valence-electron chi connectivity index (χ1n) is 5.82. The molecule has 0 aliphatic heterocycles. The SMILES string of the molecule is CC.CCOC.CCc1ccccc1C=O. The minimum absolute atomic E-state index is 0.810. The Bertz CT molecular complexity index is 255. The summed E-state index contributed by atoms with van der Waals surface area (Å²) in [6, 6.07) is 7.64. The van der Waals surface area contributed by atoms with E-state index >= 15 is 0 Å². The lowest BCUT2D eigenvalue weighted by Gasteiger charge is -1.97. The van der Waals surface area contributed by atoms with Crippen molar-refractivity contribution in [2.45, 2.75) is 34.1 Å². The second kappa shape index (κ2) is 13.8. The van der Waals surface area contributed by atoms with Crippen molar-refractivity contribution in [2.24, 2.45) is 0 Å². The highest BCUT2D eigenvalue weighted by molar-refractivity contribution is 5.77. The van der Waals surface area contributed by atoms with E-state index in [1.54, 1.807) is 7.11 Å². The van der Waals surface area contributed by atoms with Crippen LogP contribution in [0.2, 0.25) is 0 Å². The van der Waals surface area contributed by atoms with Gasteiger partial charge in [-0.3, -0.25) is 4.79 Å². The molecule has 1 aromatic carbocycles. The predicted molar refractivity (Wildman–Crippen MR) is 70.1 cm³/mol. The Labute approximate surface area is 99.6 Å². The van der Waals surface area contributed by atoms with E-state index in [0.717, 1.165) is 30.4 Å². The third-order valence-electron chi connectivity index (χ3n) is 1.85. The number of ether oxygens (including phenoxy) is 1.